The van der Waals surface area contributed by atoms with Gasteiger partial charge in [-0.1, -0.05) is 46.3 Å². The number of hydrogen-bond donors (Lipinski definition) is 2. The Morgan fingerprint density at radius 1 is 1.03 bits per heavy atom. The molecule has 0 aromatic rings. The second kappa shape index (κ2) is 8.54. The van der Waals surface area contributed by atoms with Crippen LogP contribution in [-0.2, 0) is 0 Å². The van der Waals surface area contributed by atoms with Gasteiger partial charge in [-0.25, -0.2) is 0 Å². The molecule has 1 unspecified atom stereocenters. The molecule has 0 saturated heterocycles. The van der Waals surface area contributed by atoms with E-state index in [1.165, 1.54) is 38.5 Å². The van der Waals surface area contributed by atoms with E-state index in [-0.39, 0.29) is 6.10 Å². The third-order valence-electron chi connectivity index (χ3n) is 10.6. The average Bonchev–Trinajstić information content (AvgIpc) is 3.08. The molecular weight excluding hydrogens is 368 g/mol. The molecule has 0 spiro atoms. The Kier molecular flexibility index (Phi) is 6.50. The second-order valence-electron chi connectivity index (χ2n) is 12.5. The highest BCUT2D eigenvalue weighted by Gasteiger charge is 2.57. The monoisotopic (exact) mass is 416 g/mol. The Bertz CT molecular complexity index is 639. The van der Waals surface area contributed by atoms with Crippen LogP contribution in [0.4, 0.5) is 0 Å². The molecule has 4 aliphatic carbocycles. The van der Waals surface area contributed by atoms with Crippen molar-refractivity contribution in [1.29, 1.82) is 0 Å². The van der Waals surface area contributed by atoms with Gasteiger partial charge in [0.05, 0.1) is 11.7 Å². The van der Waals surface area contributed by atoms with Crippen LogP contribution in [0.1, 0.15) is 105 Å². The van der Waals surface area contributed by atoms with Gasteiger partial charge in [0.1, 0.15) is 0 Å². The van der Waals surface area contributed by atoms with Crippen molar-refractivity contribution in [3.8, 4) is 0 Å². The Morgan fingerprint density at radius 3 is 2.50 bits per heavy atom. The van der Waals surface area contributed by atoms with Crippen molar-refractivity contribution in [1.82, 2.24) is 0 Å². The van der Waals surface area contributed by atoms with Gasteiger partial charge < -0.3 is 10.2 Å². The highest BCUT2D eigenvalue weighted by atomic mass is 16.3. The molecule has 30 heavy (non-hydrogen) atoms. The summed E-state index contributed by atoms with van der Waals surface area (Å²) in [6, 6.07) is 0. The third-order valence-corrected chi connectivity index (χ3v) is 10.6. The maximum absolute atomic E-state index is 11.0. The van der Waals surface area contributed by atoms with Crippen LogP contribution in [-0.4, -0.2) is 21.9 Å². The summed E-state index contributed by atoms with van der Waals surface area (Å²) < 4.78 is 0. The number of hydrogen-bond acceptors (Lipinski definition) is 2. The summed E-state index contributed by atoms with van der Waals surface area (Å²) in [5.41, 5.74) is 1.59. The summed E-state index contributed by atoms with van der Waals surface area (Å²) in [4.78, 5) is 0. The van der Waals surface area contributed by atoms with E-state index in [1.807, 2.05) is 0 Å². The molecule has 0 aliphatic heterocycles. The fraction of sp³-hybridized carbons (Fsp3) is 0.929. The normalized spacial score (nSPS) is 45.3. The van der Waals surface area contributed by atoms with Crippen LogP contribution in [0.3, 0.4) is 0 Å². The van der Waals surface area contributed by atoms with E-state index < -0.39 is 5.60 Å². The molecule has 172 valence electrons. The van der Waals surface area contributed by atoms with Crippen LogP contribution in [0.2, 0.25) is 0 Å². The van der Waals surface area contributed by atoms with Gasteiger partial charge in [0.2, 0.25) is 0 Å². The van der Waals surface area contributed by atoms with Crippen LogP contribution in [0.25, 0.3) is 0 Å². The van der Waals surface area contributed by atoms with Gasteiger partial charge in [0, 0.05) is 0 Å². The van der Waals surface area contributed by atoms with Crippen LogP contribution in [0.5, 0.6) is 0 Å². The first-order chi connectivity index (χ1) is 14.2. The van der Waals surface area contributed by atoms with E-state index in [4.69, 9.17) is 0 Å². The van der Waals surface area contributed by atoms with Crippen LogP contribution in [0.15, 0.2) is 11.6 Å². The molecule has 0 heterocycles. The number of rotatable bonds is 6. The fourth-order valence-electron chi connectivity index (χ4n) is 8.61. The number of fused-ring (bicyclic) bond motifs is 5. The van der Waals surface area contributed by atoms with Gasteiger partial charge >= 0.3 is 0 Å². The van der Waals surface area contributed by atoms with Crippen molar-refractivity contribution >= 4 is 0 Å². The average molecular weight is 417 g/mol. The zero-order chi connectivity index (χ0) is 21.7. The highest BCUT2D eigenvalue weighted by Crippen LogP contribution is 2.65. The Morgan fingerprint density at radius 2 is 1.80 bits per heavy atom. The van der Waals surface area contributed by atoms with Gasteiger partial charge in [-0.15, -0.1) is 0 Å². The van der Waals surface area contributed by atoms with Gasteiger partial charge in [-0.2, -0.15) is 0 Å². The first-order valence-corrected chi connectivity index (χ1v) is 13.3. The minimum atomic E-state index is -0.432. The molecule has 2 N–H and O–H groups in total. The van der Waals surface area contributed by atoms with Crippen molar-refractivity contribution in [3.63, 3.8) is 0 Å². The quantitative estimate of drug-likeness (QED) is 0.470. The van der Waals surface area contributed by atoms with E-state index in [0.717, 1.165) is 55.8 Å². The summed E-state index contributed by atoms with van der Waals surface area (Å²) in [6.45, 7) is 11.6. The van der Waals surface area contributed by atoms with E-state index in [9.17, 15) is 10.2 Å². The summed E-state index contributed by atoms with van der Waals surface area (Å²) in [5.74, 6) is 5.07. The minimum absolute atomic E-state index is 0.131. The lowest BCUT2D eigenvalue weighted by Gasteiger charge is -2.55. The van der Waals surface area contributed by atoms with Gasteiger partial charge in [-0.3, -0.25) is 0 Å². The molecule has 2 nitrogen and oxygen atoms in total. The molecule has 4 rings (SSSR count). The van der Waals surface area contributed by atoms with Crippen LogP contribution >= 0.6 is 0 Å². The van der Waals surface area contributed by atoms with Crippen molar-refractivity contribution in [3.05, 3.63) is 11.6 Å². The zero-order valence-corrected chi connectivity index (χ0v) is 20.4. The van der Waals surface area contributed by atoms with Crippen LogP contribution in [0, 0.1) is 46.8 Å². The molecule has 9 atom stereocenters. The van der Waals surface area contributed by atoms with Crippen molar-refractivity contribution in [2.24, 2.45) is 46.8 Å². The number of allylic oxidation sites excluding steroid dienone is 1. The van der Waals surface area contributed by atoms with Gasteiger partial charge in [0.15, 0.2) is 0 Å². The fourth-order valence-corrected chi connectivity index (χ4v) is 8.61. The Hall–Kier alpha value is -0.340. The maximum atomic E-state index is 11.0. The first kappa shape index (κ1) is 22.8. The summed E-state index contributed by atoms with van der Waals surface area (Å²) in [5, 5.41) is 21.8. The smallest absolute Gasteiger partial charge is 0.0682 e. The minimum Gasteiger partial charge on any atom is -0.393 e. The van der Waals surface area contributed by atoms with E-state index in [2.05, 4.69) is 40.7 Å². The molecule has 4 aliphatic rings. The maximum Gasteiger partial charge on any atom is 0.0682 e. The molecule has 0 amide bonds. The lowest BCUT2D eigenvalue weighted by Crippen LogP contribution is -2.48. The molecule has 3 fully saturated rings. The topological polar surface area (TPSA) is 40.5 Å². The van der Waals surface area contributed by atoms with Crippen molar-refractivity contribution < 1.29 is 10.2 Å². The molecule has 0 aromatic carbocycles. The summed E-state index contributed by atoms with van der Waals surface area (Å²) in [6.07, 6.45) is 15.2. The SMILES string of the molecule is CC[C@]1(O)CC[C@H]2C(=CC[C@@H]3C2CC[C@]2(C)[C@@H]([C@H](C)[C@@H](O)CCC(C)C)CC[C@@H]32)C1. The molecule has 2 heteroatoms. The molecular formula is C28H48O2. The number of aliphatic hydroxyl groups excluding tert-OH is 1. The zero-order valence-electron chi connectivity index (χ0n) is 20.4. The Labute approximate surface area is 185 Å². The lowest BCUT2D eigenvalue weighted by atomic mass is 9.50. The standard InChI is InChI=1S/C28H48O2/c1-6-28(30)16-14-21-20(17-28)8-9-23-22(21)13-15-27(5)24(10-11-25(23)27)19(4)26(29)12-7-18(2)3/h8,18-19,21-26,29-30H,6-7,9-17H2,1-5H3/t19-,21-,22?,23+,24+,25-,26-,27+,28-/m0/s1. The molecule has 0 radical (unpaired) electrons. The van der Waals surface area contributed by atoms with Gasteiger partial charge in [0.25, 0.3) is 0 Å². The molecule has 3 saturated carbocycles. The van der Waals surface area contributed by atoms with Crippen molar-refractivity contribution in [2.45, 2.75) is 117 Å². The Balaban J connectivity index is 1.47. The van der Waals surface area contributed by atoms with E-state index in [0.29, 0.717) is 23.2 Å². The summed E-state index contributed by atoms with van der Waals surface area (Å²) >= 11 is 0. The first-order valence-electron chi connectivity index (χ1n) is 13.3. The van der Waals surface area contributed by atoms with E-state index >= 15 is 0 Å². The predicted octanol–water partition coefficient (Wildman–Crippen LogP) is 6.75. The molecule has 0 bridgehead atoms. The predicted molar refractivity (Wildman–Crippen MR) is 125 cm³/mol. The highest BCUT2D eigenvalue weighted by molar-refractivity contribution is 5.22. The largest absolute Gasteiger partial charge is 0.393 e. The van der Waals surface area contributed by atoms with Crippen LogP contribution < -0.4 is 0 Å². The third kappa shape index (κ3) is 3.94. The summed E-state index contributed by atoms with van der Waals surface area (Å²) in [7, 11) is 0. The van der Waals surface area contributed by atoms with Crippen molar-refractivity contribution in [2.75, 3.05) is 0 Å². The van der Waals surface area contributed by atoms with E-state index in [1.54, 1.807) is 5.57 Å². The number of aliphatic hydroxyl groups is 2. The second-order valence-corrected chi connectivity index (χ2v) is 12.5. The van der Waals surface area contributed by atoms with Gasteiger partial charge in [-0.05, 0) is 117 Å². The lowest BCUT2D eigenvalue weighted by molar-refractivity contribution is -0.0569. The molecule has 0 aromatic heterocycles.